The van der Waals surface area contributed by atoms with E-state index < -0.39 is 0 Å². The van der Waals surface area contributed by atoms with Crippen LogP contribution in [0.1, 0.15) is 22.9 Å². The summed E-state index contributed by atoms with van der Waals surface area (Å²) in [6, 6.07) is 6.27. The van der Waals surface area contributed by atoms with Gasteiger partial charge < -0.3 is 9.73 Å². The Morgan fingerprint density at radius 3 is 2.62 bits per heavy atom. The van der Waals surface area contributed by atoms with Crippen LogP contribution in [-0.2, 0) is 6.42 Å². The summed E-state index contributed by atoms with van der Waals surface area (Å²) in [7, 11) is 1.95. The molecular weight excluding hydrogens is 200 g/mol. The Morgan fingerprint density at radius 2 is 2.06 bits per heavy atom. The lowest BCUT2D eigenvalue weighted by atomic mass is 10.0. The fraction of sp³-hybridized carbons (Fsp3) is 0.308. The summed E-state index contributed by atoms with van der Waals surface area (Å²) in [6.07, 6.45) is 6.28. The molecule has 0 radical (unpaired) electrons. The molecule has 0 amide bonds. The number of pyridine rings is 1. The normalized spacial score (nSPS) is 12.6. The van der Waals surface area contributed by atoms with Gasteiger partial charge in [0, 0.05) is 12.4 Å². The van der Waals surface area contributed by atoms with E-state index in [1.807, 2.05) is 37.6 Å². The fourth-order valence-corrected chi connectivity index (χ4v) is 1.82. The molecule has 2 rings (SSSR count). The van der Waals surface area contributed by atoms with Crippen molar-refractivity contribution >= 4 is 0 Å². The molecule has 2 aromatic heterocycles. The maximum Gasteiger partial charge on any atom is 0.123 e. The van der Waals surface area contributed by atoms with Gasteiger partial charge in [-0.3, -0.25) is 4.98 Å². The van der Waals surface area contributed by atoms with Crippen LogP contribution >= 0.6 is 0 Å². The molecule has 3 nitrogen and oxygen atoms in total. The zero-order chi connectivity index (χ0) is 11.4. The van der Waals surface area contributed by atoms with Gasteiger partial charge in [-0.2, -0.15) is 0 Å². The van der Waals surface area contributed by atoms with Crippen molar-refractivity contribution in [2.24, 2.45) is 0 Å². The highest BCUT2D eigenvalue weighted by Gasteiger charge is 2.15. The third-order valence-corrected chi connectivity index (χ3v) is 2.76. The molecule has 2 aromatic rings. The van der Waals surface area contributed by atoms with E-state index in [0.717, 1.165) is 12.2 Å². The average molecular weight is 216 g/mol. The molecule has 0 aliphatic carbocycles. The summed E-state index contributed by atoms with van der Waals surface area (Å²) in [4.78, 5) is 4.01. The van der Waals surface area contributed by atoms with E-state index >= 15 is 0 Å². The van der Waals surface area contributed by atoms with E-state index in [1.165, 1.54) is 11.1 Å². The van der Waals surface area contributed by atoms with E-state index in [2.05, 4.69) is 17.2 Å². The molecule has 1 unspecified atom stereocenters. The third kappa shape index (κ3) is 2.31. The van der Waals surface area contributed by atoms with Crippen LogP contribution in [-0.4, -0.2) is 12.0 Å². The third-order valence-electron chi connectivity index (χ3n) is 2.76. The molecular formula is C13H16N2O. The Kier molecular flexibility index (Phi) is 3.37. The molecule has 0 saturated heterocycles. The summed E-state index contributed by atoms with van der Waals surface area (Å²) < 4.78 is 5.51. The van der Waals surface area contributed by atoms with E-state index in [-0.39, 0.29) is 6.04 Å². The van der Waals surface area contributed by atoms with Crippen LogP contribution in [0.15, 0.2) is 41.3 Å². The number of hydrogen-bond acceptors (Lipinski definition) is 3. The molecule has 0 bridgehead atoms. The van der Waals surface area contributed by atoms with Crippen LogP contribution in [0, 0.1) is 6.92 Å². The van der Waals surface area contributed by atoms with Crippen LogP contribution in [0.5, 0.6) is 0 Å². The molecule has 1 atom stereocenters. The van der Waals surface area contributed by atoms with Gasteiger partial charge in [-0.15, -0.1) is 0 Å². The maximum absolute atomic E-state index is 5.51. The number of hydrogen-bond donors (Lipinski definition) is 1. The molecule has 0 aliphatic rings. The second-order valence-electron chi connectivity index (χ2n) is 3.87. The summed E-state index contributed by atoms with van der Waals surface area (Å²) in [5, 5.41) is 3.28. The number of aryl methyl sites for hydroxylation is 1. The summed E-state index contributed by atoms with van der Waals surface area (Å²) in [6.45, 7) is 2.07. The molecule has 0 aliphatic heterocycles. The lowest BCUT2D eigenvalue weighted by Crippen LogP contribution is -2.19. The molecule has 1 N–H and O–H groups in total. The molecule has 84 valence electrons. The second kappa shape index (κ2) is 4.94. The monoisotopic (exact) mass is 216 g/mol. The van der Waals surface area contributed by atoms with Gasteiger partial charge in [-0.25, -0.2) is 0 Å². The van der Waals surface area contributed by atoms with Crippen molar-refractivity contribution in [3.8, 4) is 0 Å². The van der Waals surface area contributed by atoms with Gasteiger partial charge in [0.05, 0.1) is 12.3 Å². The quantitative estimate of drug-likeness (QED) is 0.853. The molecule has 3 heteroatoms. The van der Waals surface area contributed by atoms with Gasteiger partial charge in [-0.1, -0.05) is 0 Å². The van der Waals surface area contributed by atoms with Gasteiger partial charge in [-0.05, 0) is 49.7 Å². The van der Waals surface area contributed by atoms with Crippen LogP contribution in [0.25, 0.3) is 0 Å². The SMILES string of the molecule is CNC(Cc1ccncc1)c1occc1C. The predicted molar refractivity (Wildman–Crippen MR) is 63.2 cm³/mol. The Balaban J connectivity index is 2.16. The molecule has 2 heterocycles. The van der Waals surface area contributed by atoms with Gasteiger partial charge in [0.25, 0.3) is 0 Å². The first-order valence-corrected chi connectivity index (χ1v) is 5.41. The minimum absolute atomic E-state index is 0.220. The van der Waals surface area contributed by atoms with E-state index in [0.29, 0.717) is 0 Å². The number of rotatable bonds is 4. The van der Waals surface area contributed by atoms with E-state index in [1.54, 1.807) is 6.26 Å². The molecule has 16 heavy (non-hydrogen) atoms. The highest BCUT2D eigenvalue weighted by Crippen LogP contribution is 2.21. The topological polar surface area (TPSA) is 38.1 Å². The van der Waals surface area contributed by atoms with Crippen LogP contribution in [0.2, 0.25) is 0 Å². The number of nitrogens with one attached hydrogen (secondary N) is 1. The standard InChI is InChI=1S/C13H16N2O/c1-10-5-8-16-13(10)12(14-2)9-11-3-6-15-7-4-11/h3-8,12,14H,9H2,1-2H3. The highest BCUT2D eigenvalue weighted by molar-refractivity contribution is 5.21. The summed E-state index contributed by atoms with van der Waals surface area (Å²) >= 11 is 0. The zero-order valence-corrected chi connectivity index (χ0v) is 9.60. The summed E-state index contributed by atoms with van der Waals surface area (Å²) in [5.41, 5.74) is 2.44. The maximum atomic E-state index is 5.51. The zero-order valence-electron chi connectivity index (χ0n) is 9.60. The van der Waals surface area contributed by atoms with Gasteiger partial charge in [0.2, 0.25) is 0 Å². The van der Waals surface area contributed by atoms with Gasteiger partial charge in [0.15, 0.2) is 0 Å². The van der Waals surface area contributed by atoms with Crippen molar-refractivity contribution in [3.63, 3.8) is 0 Å². The second-order valence-corrected chi connectivity index (χ2v) is 3.87. The summed E-state index contributed by atoms with van der Waals surface area (Å²) in [5.74, 6) is 1.01. The van der Waals surface area contributed by atoms with Gasteiger partial charge >= 0.3 is 0 Å². The number of furan rings is 1. The van der Waals surface area contributed by atoms with Crippen molar-refractivity contribution < 1.29 is 4.42 Å². The molecule has 0 spiro atoms. The van der Waals surface area contributed by atoms with Crippen LogP contribution in [0.4, 0.5) is 0 Å². The minimum atomic E-state index is 0.220. The molecule has 0 aromatic carbocycles. The smallest absolute Gasteiger partial charge is 0.123 e. The number of aromatic nitrogens is 1. The Morgan fingerprint density at radius 1 is 1.31 bits per heavy atom. The highest BCUT2D eigenvalue weighted by atomic mass is 16.3. The molecule has 0 saturated carbocycles. The van der Waals surface area contributed by atoms with Crippen molar-refractivity contribution in [2.45, 2.75) is 19.4 Å². The van der Waals surface area contributed by atoms with Crippen molar-refractivity contribution in [3.05, 3.63) is 53.7 Å². The largest absolute Gasteiger partial charge is 0.467 e. The van der Waals surface area contributed by atoms with Crippen LogP contribution in [0.3, 0.4) is 0 Å². The first-order valence-electron chi connectivity index (χ1n) is 5.41. The van der Waals surface area contributed by atoms with E-state index in [9.17, 15) is 0 Å². The Labute approximate surface area is 95.5 Å². The van der Waals surface area contributed by atoms with Crippen molar-refractivity contribution in [1.29, 1.82) is 0 Å². The average Bonchev–Trinajstić information content (AvgIpc) is 2.74. The first kappa shape index (κ1) is 10.9. The van der Waals surface area contributed by atoms with Crippen LogP contribution < -0.4 is 5.32 Å². The lowest BCUT2D eigenvalue weighted by Gasteiger charge is -2.14. The number of nitrogens with zero attached hydrogens (tertiary/aromatic N) is 1. The van der Waals surface area contributed by atoms with Crippen molar-refractivity contribution in [1.82, 2.24) is 10.3 Å². The lowest BCUT2D eigenvalue weighted by molar-refractivity contribution is 0.426. The molecule has 0 fully saturated rings. The van der Waals surface area contributed by atoms with Crippen molar-refractivity contribution in [2.75, 3.05) is 7.05 Å². The first-order chi connectivity index (χ1) is 7.81. The predicted octanol–water partition coefficient (Wildman–Crippen LogP) is 2.49. The minimum Gasteiger partial charge on any atom is -0.467 e. The number of likely N-dealkylation sites (N-methyl/N-ethyl adjacent to an activating group) is 1. The van der Waals surface area contributed by atoms with Gasteiger partial charge in [0.1, 0.15) is 5.76 Å². The van der Waals surface area contributed by atoms with E-state index in [4.69, 9.17) is 4.42 Å². The Hall–Kier alpha value is -1.61. The Bertz CT molecular complexity index is 436. The fourth-order valence-electron chi connectivity index (χ4n) is 1.82.